The fraction of sp³-hybridized carbons (Fsp3) is 0.355. The summed E-state index contributed by atoms with van der Waals surface area (Å²) >= 11 is 12.2. The smallest absolute Gasteiger partial charge is 0.304 e. The lowest BCUT2D eigenvalue weighted by Gasteiger charge is -2.38. The van der Waals surface area contributed by atoms with Crippen LogP contribution in [0.5, 0.6) is 0 Å². The van der Waals surface area contributed by atoms with Crippen molar-refractivity contribution in [1.29, 1.82) is 0 Å². The average Bonchev–Trinajstić information content (AvgIpc) is 3.21. The van der Waals surface area contributed by atoms with Crippen LogP contribution in [0, 0.1) is 11.7 Å². The van der Waals surface area contributed by atoms with Crippen molar-refractivity contribution in [3.63, 3.8) is 0 Å². The molecule has 1 fully saturated rings. The van der Waals surface area contributed by atoms with Crippen molar-refractivity contribution < 1.29 is 28.9 Å². The van der Waals surface area contributed by atoms with E-state index in [4.69, 9.17) is 33.0 Å². The van der Waals surface area contributed by atoms with Gasteiger partial charge in [0, 0.05) is 35.8 Å². The molecule has 0 bridgehead atoms. The number of amides is 1. The first-order chi connectivity index (χ1) is 19.6. The summed E-state index contributed by atoms with van der Waals surface area (Å²) in [5.41, 5.74) is 0.282. The monoisotopic (exact) mass is 600 g/mol. The number of hydrogen-bond donors (Lipinski definition) is 2. The summed E-state index contributed by atoms with van der Waals surface area (Å²) < 4.78 is 22.3. The molecule has 5 rings (SSSR count). The SMILES string of the molecule is CO[C@]1(c2ccc(Cl)cc2)c2c(F)cc(C(O)C3CCN(CCC(=O)O)CC3)cc2C(=O)N1Cc1ccc(Cl)cc1. The predicted molar refractivity (Wildman–Crippen MR) is 153 cm³/mol. The van der Waals surface area contributed by atoms with E-state index in [0.717, 1.165) is 5.56 Å². The highest BCUT2D eigenvalue weighted by atomic mass is 35.5. The fourth-order valence-corrected chi connectivity index (χ4v) is 6.27. The summed E-state index contributed by atoms with van der Waals surface area (Å²) in [7, 11) is 1.44. The molecule has 2 heterocycles. The van der Waals surface area contributed by atoms with Crippen LogP contribution in [-0.2, 0) is 21.8 Å². The standard InChI is InChI=1S/C31H31Cl2FN2O5/c1-41-31(22-4-8-24(33)9-5-22)28-25(30(40)36(31)18-19-2-6-23(32)7-3-19)16-21(17-26(28)34)29(39)20-10-13-35(14-11-20)15-12-27(37)38/h2-9,16-17,20,29,39H,10-15,18H2,1H3,(H,37,38)/t29?,31-/m1/s1. The zero-order valence-electron chi connectivity index (χ0n) is 22.5. The van der Waals surface area contributed by atoms with E-state index in [9.17, 15) is 14.7 Å². The van der Waals surface area contributed by atoms with Crippen LogP contribution in [0.4, 0.5) is 4.39 Å². The molecule has 1 saturated heterocycles. The van der Waals surface area contributed by atoms with Crippen molar-refractivity contribution >= 4 is 35.1 Å². The van der Waals surface area contributed by atoms with E-state index in [0.29, 0.717) is 53.6 Å². The Labute approximate surface area is 248 Å². The van der Waals surface area contributed by atoms with Gasteiger partial charge < -0.3 is 19.8 Å². The summed E-state index contributed by atoms with van der Waals surface area (Å²) in [6.45, 7) is 1.85. The highest BCUT2D eigenvalue weighted by molar-refractivity contribution is 6.30. The number of aliphatic carboxylic acids is 1. The quantitative estimate of drug-likeness (QED) is 0.320. The normalized spacial score (nSPS) is 20.3. The zero-order valence-corrected chi connectivity index (χ0v) is 24.0. The molecule has 3 aromatic carbocycles. The summed E-state index contributed by atoms with van der Waals surface area (Å²) in [6.07, 6.45) is 0.334. The summed E-state index contributed by atoms with van der Waals surface area (Å²) in [5, 5.41) is 21.3. The van der Waals surface area contributed by atoms with Gasteiger partial charge in [-0.25, -0.2) is 4.39 Å². The van der Waals surface area contributed by atoms with Crippen molar-refractivity contribution in [2.45, 2.75) is 37.6 Å². The molecule has 2 atom stereocenters. The summed E-state index contributed by atoms with van der Waals surface area (Å²) in [6, 6.07) is 16.7. The second kappa shape index (κ2) is 12.1. The minimum absolute atomic E-state index is 0.0623. The number of fused-ring (bicyclic) bond motifs is 1. The van der Waals surface area contributed by atoms with Crippen LogP contribution in [-0.4, -0.2) is 58.6 Å². The Morgan fingerprint density at radius 3 is 2.27 bits per heavy atom. The lowest BCUT2D eigenvalue weighted by molar-refractivity contribution is -0.137. The van der Waals surface area contributed by atoms with Crippen molar-refractivity contribution in [3.8, 4) is 0 Å². The number of methoxy groups -OCH3 is 1. The third kappa shape index (κ3) is 5.72. The number of benzene rings is 3. The van der Waals surface area contributed by atoms with Crippen LogP contribution < -0.4 is 0 Å². The van der Waals surface area contributed by atoms with Gasteiger partial charge in [0.15, 0.2) is 5.72 Å². The molecule has 10 heteroatoms. The first kappa shape index (κ1) is 29.5. The number of carboxylic acids is 1. The van der Waals surface area contributed by atoms with Crippen LogP contribution >= 0.6 is 23.2 Å². The molecule has 3 aromatic rings. The number of ether oxygens (including phenoxy) is 1. The van der Waals surface area contributed by atoms with E-state index >= 15 is 4.39 Å². The van der Waals surface area contributed by atoms with Gasteiger partial charge in [0.25, 0.3) is 5.91 Å². The van der Waals surface area contributed by atoms with E-state index in [1.165, 1.54) is 18.1 Å². The molecule has 0 radical (unpaired) electrons. The van der Waals surface area contributed by atoms with Crippen LogP contribution in [0.25, 0.3) is 0 Å². The number of likely N-dealkylation sites (tertiary alicyclic amines) is 1. The van der Waals surface area contributed by atoms with Crippen molar-refractivity contribution in [1.82, 2.24) is 9.80 Å². The van der Waals surface area contributed by atoms with Gasteiger partial charge in [-0.05, 0) is 79.4 Å². The molecule has 1 unspecified atom stereocenters. The van der Waals surface area contributed by atoms with Crippen LogP contribution in [0.2, 0.25) is 10.0 Å². The number of aliphatic hydroxyl groups excluding tert-OH is 1. The number of halogens is 3. The highest BCUT2D eigenvalue weighted by Gasteiger charge is 2.54. The molecule has 7 nitrogen and oxygen atoms in total. The van der Waals surface area contributed by atoms with Gasteiger partial charge in [0.05, 0.1) is 23.7 Å². The minimum atomic E-state index is -1.57. The van der Waals surface area contributed by atoms with Crippen LogP contribution in [0.3, 0.4) is 0 Å². The third-order valence-corrected chi connectivity index (χ3v) is 8.66. The van der Waals surface area contributed by atoms with E-state index in [1.807, 2.05) is 0 Å². The lowest BCUT2D eigenvalue weighted by Crippen LogP contribution is -2.46. The largest absolute Gasteiger partial charge is 0.481 e. The Hall–Kier alpha value is -3.01. The molecule has 0 aromatic heterocycles. The van der Waals surface area contributed by atoms with E-state index in [1.54, 1.807) is 54.6 Å². The van der Waals surface area contributed by atoms with E-state index in [-0.39, 0.29) is 30.0 Å². The van der Waals surface area contributed by atoms with Gasteiger partial charge in [0.2, 0.25) is 0 Å². The third-order valence-electron chi connectivity index (χ3n) is 8.15. The Bertz CT molecular complexity index is 1430. The Balaban J connectivity index is 1.50. The van der Waals surface area contributed by atoms with E-state index < -0.39 is 29.5 Å². The zero-order chi connectivity index (χ0) is 29.3. The first-order valence-electron chi connectivity index (χ1n) is 13.5. The molecule has 216 valence electrons. The molecule has 0 spiro atoms. The van der Waals surface area contributed by atoms with E-state index in [2.05, 4.69) is 4.90 Å². The molecular formula is C31H31Cl2FN2O5. The number of nitrogens with zero attached hydrogens (tertiary/aromatic N) is 2. The van der Waals surface area contributed by atoms with Crippen molar-refractivity contribution in [2.24, 2.45) is 5.92 Å². The molecule has 2 aliphatic rings. The van der Waals surface area contributed by atoms with Crippen LogP contribution in [0.1, 0.15) is 58.0 Å². The topological polar surface area (TPSA) is 90.3 Å². The Morgan fingerprint density at radius 1 is 1.07 bits per heavy atom. The average molecular weight is 602 g/mol. The second-order valence-corrected chi connectivity index (χ2v) is 11.4. The number of aliphatic hydroxyl groups is 1. The van der Waals surface area contributed by atoms with Gasteiger partial charge in [-0.2, -0.15) is 0 Å². The molecular weight excluding hydrogens is 570 g/mol. The first-order valence-corrected chi connectivity index (χ1v) is 14.2. The van der Waals surface area contributed by atoms with Gasteiger partial charge in [-0.3, -0.25) is 14.5 Å². The predicted octanol–water partition coefficient (Wildman–Crippen LogP) is 5.86. The number of carbonyl (C=O) groups is 2. The van der Waals surface area contributed by atoms with Crippen molar-refractivity contribution in [2.75, 3.05) is 26.7 Å². The number of rotatable bonds is 9. The van der Waals surface area contributed by atoms with Gasteiger partial charge >= 0.3 is 5.97 Å². The Morgan fingerprint density at radius 2 is 1.68 bits per heavy atom. The maximum atomic E-state index is 16.2. The van der Waals surface area contributed by atoms with Crippen molar-refractivity contribution in [3.05, 3.63) is 104 Å². The fourth-order valence-electron chi connectivity index (χ4n) is 6.01. The second-order valence-electron chi connectivity index (χ2n) is 10.6. The maximum absolute atomic E-state index is 16.2. The van der Waals surface area contributed by atoms with Gasteiger partial charge in [-0.1, -0.05) is 47.5 Å². The number of piperidine rings is 1. The maximum Gasteiger partial charge on any atom is 0.304 e. The molecule has 2 aliphatic heterocycles. The van der Waals surface area contributed by atoms with Crippen LogP contribution in [0.15, 0.2) is 60.7 Å². The van der Waals surface area contributed by atoms with Gasteiger partial charge in [-0.15, -0.1) is 0 Å². The molecule has 1 amide bonds. The molecule has 41 heavy (non-hydrogen) atoms. The number of hydrogen-bond acceptors (Lipinski definition) is 5. The molecule has 2 N–H and O–H groups in total. The minimum Gasteiger partial charge on any atom is -0.481 e. The molecule has 0 saturated carbocycles. The lowest BCUT2D eigenvalue weighted by atomic mass is 9.85. The summed E-state index contributed by atoms with van der Waals surface area (Å²) in [5.74, 6) is -2.08. The Kier molecular flexibility index (Phi) is 8.68. The number of carboxylic acid groups (broad SMARTS) is 1. The molecule has 0 aliphatic carbocycles. The van der Waals surface area contributed by atoms with Gasteiger partial charge in [0.1, 0.15) is 5.82 Å². The number of carbonyl (C=O) groups excluding carboxylic acids is 1. The highest BCUT2D eigenvalue weighted by Crippen LogP contribution is 2.48. The summed E-state index contributed by atoms with van der Waals surface area (Å²) in [4.78, 5) is 28.5.